The molecule has 0 spiro atoms. The molecule has 0 amide bonds. The first kappa shape index (κ1) is 8.02. The molecule has 1 heteroatoms. The van der Waals surface area contributed by atoms with Crippen molar-refractivity contribution < 1.29 is 5.11 Å². The molecule has 0 aliphatic heterocycles. The first-order chi connectivity index (χ1) is 4.31. The van der Waals surface area contributed by atoms with Gasteiger partial charge in [-0.25, -0.2) is 0 Å². The van der Waals surface area contributed by atoms with Gasteiger partial charge in [-0.15, -0.1) is 0 Å². The Morgan fingerprint density at radius 2 is 2.00 bits per heavy atom. The second kappa shape index (κ2) is 5.16. The van der Waals surface area contributed by atoms with Gasteiger partial charge in [0.1, 0.15) is 0 Å². The second-order valence-electron chi connectivity index (χ2n) is 1.76. The predicted octanol–water partition coefficient (Wildman–Crippen LogP) is 2.58. The van der Waals surface area contributed by atoms with Crippen molar-refractivity contribution in [2.24, 2.45) is 0 Å². The highest BCUT2D eigenvalue weighted by atomic mass is 16.2. The van der Waals surface area contributed by atoms with Crippen LogP contribution in [0, 0.1) is 0 Å². The summed E-state index contributed by atoms with van der Waals surface area (Å²) in [6.07, 6.45) is 8.64. The lowest BCUT2D eigenvalue weighted by Crippen LogP contribution is -1.64. The summed E-state index contributed by atoms with van der Waals surface area (Å²) in [7, 11) is 0. The number of hydrogen-bond acceptors (Lipinski definition) is 1. The van der Waals surface area contributed by atoms with E-state index in [2.05, 4.69) is 0 Å². The average Bonchev–Trinajstić information content (AvgIpc) is 1.89. The van der Waals surface area contributed by atoms with Crippen molar-refractivity contribution in [1.82, 2.24) is 0 Å². The molecule has 0 heterocycles. The molecule has 0 bridgehead atoms. The van der Waals surface area contributed by atoms with Crippen molar-refractivity contribution in [2.75, 3.05) is 0 Å². The van der Waals surface area contributed by atoms with E-state index in [0.717, 1.165) is 11.8 Å². The Morgan fingerprint density at radius 3 is 2.44 bits per heavy atom. The maximum Gasteiger partial charge on any atom is 0.0820 e. The van der Waals surface area contributed by atoms with Gasteiger partial charge in [-0.05, 0) is 19.4 Å². The molecule has 0 unspecified atom stereocenters. The van der Waals surface area contributed by atoms with E-state index >= 15 is 0 Å². The van der Waals surface area contributed by atoms with Crippen LogP contribution in [0.2, 0.25) is 0 Å². The topological polar surface area (TPSA) is 20.2 Å². The third kappa shape index (κ3) is 4.88. The quantitative estimate of drug-likeness (QED) is 0.443. The number of allylic oxidation sites excluding steroid dienone is 5. The van der Waals surface area contributed by atoms with Crippen molar-refractivity contribution in [1.29, 1.82) is 0 Å². The number of rotatable bonds is 2. The molecule has 0 radical (unpaired) electrons. The zero-order chi connectivity index (χ0) is 7.11. The normalized spacial score (nSPS) is 13.8. The molecule has 0 fully saturated rings. The van der Waals surface area contributed by atoms with E-state index in [1.165, 1.54) is 0 Å². The minimum atomic E-state index is 0.855. The molecule has 9 heavy (non-hydrogen) atoms. The van der Waals surface area contributed by atoms with Crippen LogP contribution in [0.3, 0.4) is 0 Å². The lowest BCUT2D eigenvalue weighted by atomic mass is 10.3. The van der Waals surface area contributed by atoms with E-state index in [0.29, 0.717) is 0 Å². The Hall–Kier alpha value is -0.980. The van der Waals surface area contributed by atoms with Crippen LogP contribution in [-0.2, 0) is 0 Å². The molecule has 0 saturated carbocycles. The van der Waals surface area contributed by atoms with Crippen LogP contribution in [0.1, 0.15) is 13.8 Å². The Balaban J connectivity index is 3.71. The Labute approximate surface area is 56.0 Å². The maximum absolute atomic E-state index is 8.40. The molecule has 0 aromatic heterocycles. The van der Waals surface area contributed by atoms with Crippen LogP contribution < -0.4 is 0 Å². The zero-order valence-corrected chi connectivity index (χ0v) is 5.83. The highest BCUT2D eigenvalue weighted by Crippen LogP contribution is 1.91. The zero-order valence-electron chi connectivity index (χ0n) is 5.83. The molecule has 0 saturated heterocycles. The molecule has 1 N–H and O–H groups in total. The van der Waals surface area contributed by atoms with Gasteiger partial charge in [-0.2, -0.15) is 0 Å². The maximum atomic E-state index is 8.40. The predicted molar refractivity (Wildman–Crippen MR) is 40.3 cm³/mol. The molecule has 0 aromatic carbocycles. The monoisotopic (exact) mass is 124 g/mol. The number of aliphatic hydroxyl groups is 1. The van der Waals surface area contributed by atoms with Gasteiger partial charge in [0, 0.05) is 0 Å². The summed E-state index contributed by atoms with van der Waals surface area (Å²) in [6, 6.07) is 0. The second-order valence-corrected chi connectivity index (χ2v) is 1.76. The van der Waals surface area contributed by atoms with Crippen LogP contribution in [-0.4, -0.2) is 5.11 Å². The van der Waals surface area contributed by atoms with Crippen molar-refractivity contribution in [3.8, 4) is 0 Å². The lowest BCUT2D eigenvalue weighted by Gasteiger charge is -1.82. The molecule has 0 atom stereocenters. The number of aliphatic hydroxyl groups excluding tert-OH is 1. The first-order valence-electron chi connectivity index (χ1n) is 2.91. The van der Waals surface area contributed by atoms with Crippen molar-refractivity contribution in [3.05, 3.63) is 36.1 Å². The lowest BCUT2D eigenvalue weighted by molar-refractivity contribution is 0.469. The summed E-state index contributed by atoms with van der Waals surface area (Å²) in [4.78, 5) is 0. The standard InChI is InChI=1S/C8H12O/c1-3-4-5-6-8(2)7-9/h3-7,9H,1-2H3/b4-3-,6-5-,8-7+. The molecule has 0 rings (SSSR count). The molecule has 0 aliphatic rings. The highest BCUT2D eigenvalue weighted by molar-refractivity contribution is 5.17. The smallest absolute Gasteiger partial charge is 0.0820 e. The van der Waals surface area contributed by atoms with Crippen LogP contribution in [0.4, 0.5) is 0 Å². The fraction of sp³-hybridized carbons (Fsp3) is 0.250. The van der Waals surface area contributed by atoms with E-state index in [4.69, 9.17) is 5.11 Å². The summed E-state index contributed by atoms with van der Waals surface area (Å²) in [5.41, 5.74) is 0.855. The molecule has 50 valence electrons. The molecular weight excluding hydrogens is 112 g/mol. The van der Waals surface area contributed by atoms with E-state index in [1.54, 1.807) is 0 Å². The first-order valence-corrected chi connectivity index (χ1v) is 2.91. The fourth-order valence-corrected chi connectivity index (χ4v) is 0.361. The summed E-state index contributed by atoms with van der Waals surface area (Å²) in [5, 5.41) is 8.40. The summed E-state index contributed by atoms with van der Waals surface area (Å²) < 4.78 is 0. The van der Waals surface area contributed by atoms with E-state index in [9.17, 15) is 0 Å². The summed E-state index contributed by atoms with van der Waals surface area (Å²) in [5.74, 6) is 0. The highest BCUT2D eigenvalue weighted by Gasteiger charge is 1.73. The molecule has 1 nitrogen and oxygen atoms in total. The van der Waals surface area contributed by atoms with Gasteiger partial charge in [0.15, 0.2) is 0 Å². The van der Waals surface area contributed by atoms with Gasteiger partial charge in [-0.3, -0.25) is 0 Å². The van der Waals surface area contributed by atoms with Gasteiger partial charge in [0.05, 0.1) is 6.26 Å². The van der Waals surface area contributed by atoms with E-state index in [-0.39, 0.29) is 0 Å². The minimum Gasteiger partial charge on any atom is -0.515 e. The van der Waals surface area contributed by atoms with E-state index in [1.807, 2.05) is 38.2 Å². The molecule has 0 aromatic rings. The van der Waals surface area contributed by atoms with Gasteiger partial charge in [0.25, 0.3) is 0 Å². The molecular formula is C8H12O. The van der Waals surface area contributed by atoms with Crippen molar-refractivity contribution in [2.45, 2.75) is 13.8 Å². The van der Waals surface area contributed by atoms with Gasteiger partial charge >= 0.3 is 0 Å². The third-order valence-corrected chi connectivity index (χ3v) is 0.866. The largest absolute Gasteiger partial charge is 0.515 e. The SMILES string of the molecule is C\C=C/C=C\C(C)=C\O. The van der Waals surface area contributed by atoms with Crippen molar-refractivity contribution >= 4 is 0 Å². The van der Waals surface area contributed by atoms with Crippen LogP contribution in [0.15, 0.2) is 36.1 Å². The van der Waals surface area contributed by atoms with E-state index < -0.39 is 0 Å². The summed E-state index contributed by atoms with van der Waals surface area (Å²) >= 11 is 0. The van der Waals surface area contributed by atoms with Crippen LogP contribution in [0.5, 0.6) is 0 Å². The van der Waals surface area contributed by atoms with Gasteiger partial charge in [0.2, 0.25) is 0 Å². The Morgan fingerprint density at radius 1 is 1.33 bits per heavy atom. The third-order valence-electron chi connectivity index (χ3n) is 0.866. The van der Waals surface area contributed by atoms with Crippen molar-refractivity contribution in [3.63, 3.8) is 0 Å². The Bertz CT molecular complexity index is 141. The summed E-state index contributed by atoms with van der Waals surface area (Å²) in [6.45, 7) is 3.78. The fourth-order valence-electron chi connectivity index (χ4n) is 0.361. The molecule has 0 aliphatic carbocycles. The average molecular weight is 124 g/mol. The van der Waals surface area contributed by atoms with Crippen LogP contribution in [0.25, 0.3) is 0 Å². The number of hydrogen-bond donors (Lipinski definition) is 1. The van der Waals surface area contributed by atoms with Crippen LogP contribution >= 0.6 is 0 Å². The Kier molecular flexibility index (Phi) is 4.60. The van der Waals surface area contributed by atoms with Gasteiger partial charge in [-0.1, -0.05) is 24.3 Å². The van der Waals surface area contributed by atoms with Gasteiger partial charge < -0.3 is 5.11 Å². The minimum absolute atomic E-state index is 0.855.